The van der Waals surface area contributed by atoms with E-state index >= 15 is 0 Å². The Morgan fingerprint density at radius 2 is 2.06 bits per heavy atom. The van der Waals surface area contributed by atoms with Crippen LogP contribution in [0.15, 0.2) is 48.7 Å². The molecule has 0 bridgehead atoms. The summed E-state index contributed by atoms with van der Waals surface area (Å²) in [5.41, 5.74) is 2.15. The van der Waals surface area contributed by atoms with E-state index in [4.69, 9.17) is 4.74 Å². The van der Waals surface area contributed by atoms with Gasteiger partial charge in [-0.2, -0.15) is 18.3 Å². The van der Waals surface area contributed by atoms with Crippen molar-refractivity contribution in [3.63, 3.8) is 0 Å². The summed E-state index contributed by atoms with van der Waals surface area (Å²) in [6, 6.07) is 10.5. The highest BCUT2D eigenvalue weighted by molar-refractivity contribution is 5.66. The zero-order chi connectivity index (χ0) is 22.0. The molecule has 5 nitrogen and oxygen atoms in total. The predicted octanol–water partition coefficient (Wildman–Crippen LogP) is 5.19. The van der Waals surface area contributed by atoms with Gasteiger partial charge in [-0.05, 0) is 55.3 Å². The summed E-state index contributed by atoms with van der Waals surface area (Å²) in [5, 5.41) is 17.4. The van der Waals surface area contributed by atoms with Crippen LogP contribution >= 0.6 is 0 Å². The lowest BCUT2D eigenvalue weighted by Crippen LogP contribution is -2.34. The van der Waals surface area contributed by atoms with Crippen LogP contribution < -0.4 is 4.74 Å². The fourth-order valence-electron chi connectivity index (χ4n) is 4.19. The highest BCUT2D eigenvalue weighted by Crippen LogP contribution is 2.37. The quantitative estimate of drug-likeness (QED) is 0.584. The number of phenols is 1. The zero-order valence-electron chi connectivity index (χ0n) is 17.1. The van der Waals surface area contributed by atoms with Crippen molar-refractivity contribution in [1.29, 1.82) is 0 Å². The van der Waals surface area contributed by atoms with Crippen LogP contribution in [0.1, 0.15) is 35.6 Å². The van der Waals surface area contributed by atoms with Crippen LogP contribution in [-0.2, 0) is 12.7 Å². The monoisotopic (exact) mass is 431 g/mol. The zero-order valence-corrected chi connectivity index (χ0v) is 17.1. The summed E-state index contributed by atoms with van der Waals surface area (Å²) in [4.78, 5) is 2.24. The van der Waals surface area contributed by atoms with Crippen LogP contribution in [-0.4, -0.2) is 40.4 Å². The maximum Gasteiger partial charge on any atom is 0.416 e. The minimum Gasteiger partial charge on any atom is -0.508 e. The average molecular weight is 431 g/mol. The molecule has 4 rings (SSSR count). The number of ether oxygens (including phenoxy) is 1. The second kappa shape index (κ2) is 8.63. The first-order valence-corrected chi connectivity index (χ1v) is 10.1. The Labute approximate surface area is 178 Å². The Morgan fingerprint density at radius 3 is 2.84 bits per heavy atom. The first kappa shape index (κ1) is 21.2. The number of phenolic OH excluding ortho intramolecular Hbond substituents is 1. The van der Waals surface area contributed by atoms with E-state index in [1.165, 1.54) is 12.1 Å². The van der Waals surface area contributed by atoms with Crippen molar-refractivity contribution in [3.05, 3.63) is 65.5 Å². The summed E-state index contributed by atoms with van der Waals surface area (Å²) in [7, 11) is 1.58. The lowest BCUT2D eigenvalue weighted by molar-refractivity contribution is -0.137. The van der Waals surface area contributed by atoms with Gasteiger partial charge in [-0.25, -0.2) is 0 Å². The number of methoxy groups -OCH3 is 1. The largest absolute Gasteiger partial charge is 0.508 e. The summed E-state index contributed by atoms with van der Waals surface area (Å²) >= 11 is 0. The molecule has 1 aliphatic heterocycles. The van der Waals surface area contributed by atoms with E-state index in [2.05, 4.69) is 15.1 Å². The van der Waals surface area contributed by atoms with Gasteiger partial charge in [0.15, 0.2) is 0 Å². The Balaban J connectivity index is 1.55. The predicted molar refractivity (Wildman–Crippen MR) is 111 cm³/mol. The number of nitrogens with one attached hydrogen (secondary N) is 1. The minimum absolute atomic E-state index is 0.105. The SMILES string of the molecule is COc1ccc(O)c(CN2CCC[C@H](c3[nH]ncc3-c3cccc(C(F)(F)F)c3)C2)c1. The normalized spacial score (nSPS) is 17.6. The first-order valence-electron chi connectivity index (χ1n) is 10.1. The molecule has 1 aromatic heterocycles. The molecule has 0 aliphatic carbocycles. The van der Waals surface area contributed by atoms with Crippen molar-refractivity contribution in [2.24, 2.45) is 0 Å². The molecule has 164 valence electrons. The summed E-state index contributed by atoms with van der Waals surface area (Å²) < 4.78 is 44.7. The van der Waals surface area contributed by atoms with Crippen LogP contribution in [0.2, 0.25) is 0 Å². The molecule has 1 fully saturated rings. The van der Waals surface area contributed by atoms with Crippen molar-refractivity contribution in [3.8, 4) is 22.6 Å². The van der Waals surface area contributed by atoms with Crippen molar-refractivity contribution < 1.29 is 23.0 Å². The van der Waals surface area contributed by atoms with Gasteiger partial charge in [0, 0.05) is 35.8 Å². The van der Waals surface area contributed by atoms with Crippen molar-refractivity contribution in [2.45, 2.75) is 31.5 Å². The van der Waals surface area contributed by atoms with E-state index in [1.54, 1.807) is 31.5 Å². The third kappa shape index (κ3) is 4.69. The molecule has 2 aromatic carbocycles. The fourth-order valence-corrected chi connectivity index (χ4v) is 4.19. The van der Waals surface area contributed by atoms with Crippen LogP contribution in [0.4, 0.5) is 13.2 Å². The maximum absolute atomic E-state index is 13.2. The number of halogens is 3. The second-order valence-corrected chi connectivity index (χ2v) is 7.84. The molecule has 0 unspecified atom stereocenters. The first-order chi connectivity index (χ1) is 14.8. The number of hydrogen-bond acceptors (Lipinski definition) is 4. The molecule has 1 atom stereocenters. The van der Waals surface area contributed by atoms with Gasteiger partial charge in [0.05, 0.1) is 18.9 Å². The molecule has 2 heterocycles. The summed E-state index contributed by atoms with van der Waals surface area (Å²) in [6.07, 6.45) is -0.941. The smallest absolute Gasteiger partial charge is 0.416 e. The molecule has 2 N–H and O–H groups in total. The van der Waals surface area contributed by atoms with Crippen molar-refractivity contribution >= 4 is 0 Å². The van der Waals surface area contributed by atoms with Gasteiger partial charge in [-0.3, -0.25) is 10.00 Å². The van der Waals surface area contributed by atoms with E-state index in [9.17, 15) is 18.3 Å². The highest BCUT2D eigenvalue weighted by atomic mass is 19.4. The number of hydrogen-bond donors (Lipinski definition) is 2. The summed E-state index contributed by atoms with van der Waals surface area (Å²) in [5.74, 6) is 1.00. The number of likely N-dealkylation sites (tertiary alicyclic amines) is 1. The Morgan fingerprint density at radius 1 is 1.23 bits per heavy atom. The van der Waals surface area contributed by atoms with Gasteiger partial charge >= 0.3 is 6.18 Å². The second-order valence-electron chi connectivity index (χ2n) is 7.84. The van der Waals surface area contributed by atoms with Crippen molar-refractivity contribution in [1.82, 2.24) is 15.1 Å². The number of piperidine rings is 1. The third-order valence-electron chi connectivity index (χ3n) is 5.76. The van der Waals surface area contributed by atoms with E-state index in [1.807, 2.05) is 6.07 Å². The molecule has 8 heteroatoms. The Hall–Kier alpha value is -3.00. The number of aromatic nitrogens is 2. The lowest BCUT2D eigenvalue weighted by atomic mass is 9.90. The molecule has 3 aromatic rings. The molecule has 31 heavy (non-hydrogen) atoms. The molecule has 1 aliphatic rings. The molecule has 0 radical (unpaired) electrons. The fraction of sp³-hybridized carbons (Fsp3) is 0.348. The summed E-state index contributed by atoms with van der Waals surface area (Å²) in [6.45, 7) is 2.15. The van der Waals surface area contributed by atoms with Gasteiger partial charge in [-0.1, -0.05) is 12.1 Å². The van der Waals surface area contributed by atoms with E-state index in [-0.39, 0.29) is 11.7 Å². The molecule has 0 spiro atoms. The van der Waals surface area contributed by atoms with Gasteiger partial charge in [-0.15, -0.1) is 0 Å². The van der Waals surface area contributed by atoms with Gasteiger partial charge in [0.1, 0.15) is 11.5 Å². The number of benzene rings is 2. The topological polar surface area (TPSA) is 61.4 Å². The highest BCUT2D eigenvalue weighted by Gasteiger charge is 2.31. The molecular weight excluding hydrogens is 407 g/mol. The number of aromatic amines is 1. The number of nitrogens with zero attached hydrogens (tertiary/aromatic N) is 2. The Bertz CT molecular complexity index is 1050. The van der Waals surface area contributed by atoms with E-state index < -0.39 is 11.7 Å². The molecule has 0 amide bonds. The molecule has 0 saturated carbocycles. The molecular formula is C23H24F3N3O2. The number of H-pyrrole nitrogens is 1. The van der Waals surface area contributed by atoms with Crippen LogP contribution in [0, 0.1) is 0 Å². The number of aromatic hydroxyl groups is 1. The van der Waals surface area contributed by atoms with E-state index in [0.29, 0.717) is 30.0 Å². The number of rotatable bonds is 5. The van der Waals surface area contributed by atoms with Gasteiger partial charge in [0.25, 0.3) is 0 Å². The minimum atomic E-state index is -4.39. The van der Waals surface area contributed by atoms with E-state index in [0.717, 1.165) is 36.7 Å². The third-order valence-corrected chi connectivity index (χ3v) is 5.76. The van der Waals surface area contributed by atoms with Gasteiger partial charge in [0.2, 0.25) is 0 Å². The van der Waals surface area contributed by atoms with Gasteiger partial charge < -0.3 is 9.84 Å². The average Bonchev–Trinajstić information content (AvgIpc) is 3.25. The van der Waals surface area contributed by atoms with Crippen LogP contribution in [0.25, 0.3) is 11.1 Å². The standard InChI is InChI=1S/C23H24F3N3O2/c1-31-19-7-8-21(30)17(11-19)14-29-9-3-5-16(13-29)22-20(12-27-28-22)15-4-2-6-18(10-15)23(24,25)26/h2,4,6-8,10-12,16,30H,3,5,9,13-14H2,1H3,(H,27,28)/t16-/m0/s1. The number of alkyl halides is 3. The maximum atomic E-state index is 13.2. The van der Waals surface area contributed by atoms with Crippen molar-refractivity contribution in [2.75, 3.05) is 20.2 Å². The molecule has 1 saturated heterocycles. The van der Waals surface area contributed by atoms with Crippen LogP contribution in [0.5, 0.6) is 11.5 Å². The van der Waals surface area contributed by atoms with Crippen LogP contribution in [0.3, 0.4) is 0 Å². The Kier molecular flexibility index (Phi) is 5.91. The lowest BCUT2D eigenvalue weighted by Gasteiger charge is -2.33.